The summed E-state index contributed by atoms with van der Waals surface area (Å²) in [7, 11) is -8.07. The zero-order valence-corrected chi connectivity index (χ0v) is 23.0. The summed E-state index contributed by atoms with van der Waals surface area (Å²) in [6.45, 7) is 3.72. The Morgan fingerprint density at radius 2 is 1.29 bits per heavy atom. The Hall–Kier alpha value is -3.38. The number of hydrogen-bond donors (Lipinski definition) is 0. The van der Waals surface area contributed by atoms with Gasteiger partial charge in [-0.25, -0.2) is 16.8 Å². The zero-order chi connectivity index (χ0) is 26.2. The van der Waals surface area contributed by atoms with Crippen molar-refractivity contribution in [2.45, 2.75) is 23.6 Å². The van der Waals surface area contributed by atoms with Crippen molar-refractivity contribution in [1.29, 1.82) is 0 Å². The van der Waals surface area contributed by atoms with Gasteiger partial charge in [0.15, 0.2) is 0 Å². The van der Waals surface area contributed by atoms with Crippen molar-refractivity contribution in [2.75, 3.05) is 0 Å². The second-order valence-corrected chi connectivity index (χ2v) is 10.6. The monoisotopic (exact) mass is 603 g/mol. The first kappa shape index (κ1) is 32.6. The third-order valence-electron chi connectivity index (χ3n) is 4.75. The van der Waals surface area contributed by atoms with E-state index in [0.29, 0.717) is 11.4 Å². The maximum absolute atomic E-state index is 12.5. The molecule has 0 saturated heterocycles. The average Bonchev–Trinajstić information content (AvgIpc) is 2.84. The number of aryl methyl sites for hydroxylation is 2. The SMILES string of the molecule is Cc1ccc(S(=O)(=O)[N-]c2ccccc2N=Cc2ccccn2)cc1.Cc1ccc(S(=O)(=O)[O-])cc1.[Cu+2].[OH3+]. The van der Waals surface area contributed by atoms with Gasteiger partial charge in [0.2, 0.25) is 0 Å². The first-order valence-corrected chi connectivity index (χ1v) is 13.5. The molecule has 0 saturated carbocycles. The van der Waals surface area contributed by atoms with E-state index >= 15 is 0 Å². The van der Waals surface area contributed by atoms with Gasteiger partial charge in [-0.05, 0) is 56.3 Å². The maximum Gasteiger partial charge on any atom is 2.00 e. The molecule has 4 aromatic rings. The van der Waals surface area contributed by atoms with Gasteiger partial charge in [0.25, 0.3) is 0 Å². The molecule has 0 unspecified atom stereocenters. The molecule has 38 heavy (non-hydrogen) atoms. The summed E-state index contributed by atoms with van der Waals surface area (Å²) in [6.07, 6.45) is 3.24. The predicted molar refractivity (Wildman–Crippen MR) is 143 cm³/mol. The quantitative estimate of drug-likeness (QED) is 0.136. The van der Waals surface area contributed by atoms with Crippen LogP contribution >= 0.6 is 0 Å². The molecule has 3 N–H and O–H groups in total. The Kier molecular flexibility index (Phi) is 12.5. The van der Waals surface area contributed by atoms with Crippen LogP contribution in [0.1, 0.15) is 16.8 Å². The summed E-state index contributed by atoms with van der Waals surface area (Å²) in [5, 5.41) is 0. The summed E-state index contributed by atoms with van der Waals surface area (Å²) < 4.78 is 60.1. The van der Waals surface area contributed by atoms with Crippen molar-refractivity contribution in [3.05, 3.63) is 119 Å². The van der Waals surface area contributed by atoms with Crippen LogP contribution in [0.4, 0.5) is 11.4 Å². The van der Waals surface area contributed by atoms with E-state index in [1.807, 2.05) is 32.0 Å². The third kappa shape index (κ3) is 9.82. The van der Waals surface area contributed by atoms with Crippen molar-refractivity contribution in [3.63, 3.8) is 0 Å². The van der Waals surface area contributed by atoms with Crippen molar-refractivity contribution < 1.29 is 43.9 Å². The van der Waals surface area contributed by atoms with E-state index in [0.717, 1.165) is 11.1 Å². The fraction of sp³-hybridized carbons (Fsp3) is 0.0769. The first-order chi connectivity index (χ1) is 17.0. The molecule has 9 nitrogen and oxygen atoms in total. The number of benzene rings is 3. The molecule has 0 aliphatic heterocycles. The predicted octanol–water partition coefficient (Wildman–Crippen LogP) is 4.51. The third-order valence-corrected chi connectivity index (χ3v) is 6.91. The van der Waals surface area contributed by atoms with E-state index in [4.69, 9.17) is 0 Å². The van der Waals surface area contributed by atoms with Crippen LogP contribution in [-0.2, 0) is 42.7 Å². The van der Waals surface area contributed by atoms with Crippen LogP contribution in [-0.4, -0.2) is 32.6 Å². The van der Waals surface area contributed by atoms with Crippen LogP contribution in [0, 0.1) is 13.8 Å². The van der Waals surface area contributed by atoms with Gasteiger partial charge in [-0.3, -0.25) is 9.98 Å². The average molecular weight is 604 g/mol. The first-order valence-electron chi connectivity index (χ1n) is 10.7. The summed E-state index contributed by atoms with van der Waals surface area (Å²) in [5.74, 6) is 0. The molecular weight excluding hydrogens is 578 g/mol. The molecule has 4 rings (SSSR count). The zero-order valence-electron chi connectivity index (χ0n) is 20.4. The standard InChI is InChI=1S/C19H16N3O2S.C7H8O3S.Cu.H2O/c1-15-9-11-17(12-10-15)25(23,24)22-19-8-3-2-7-18(19)21-14-16-6-4-5-13-20-16;1-6-2-4-7(5-3-6)11(8,9)10;;/h2-14H,1H3;2-5H,1H3,(H,8,9,10);;1H2/q-1;;+2;. The number of rotatable bonds is 6. The smallest absolute Gasteiger partial charge is 0.744 e. The van der Waals surface area contributed by atoms with E-state index in [1.165, 1.54) is 12.1 Å². The normalized spacial score (nSPS) is 10.9. The van der Waals surface area contributed by atoms with E-state index in [-0.39, 0.29) is 38.0 Å². The molecule has 0 atom stereocenters. The van der Waals surface area contributed by atoms with E-state index in [1.54, 1.807) is 73.1 Å². The number of hydrogen-bond acceptors (Lipinski definition) is 7. The van der Waals surface area contributed by atoms with Crippen LogP contribution < -0.4 is 0 Å². The molecule has 3 aromatic carbocycles. The van der Waals surface area contributed by atoms with E-state index in [9.17, 15) is 21.4 Å². The van der Waals surface area contributed by atoms with Crippen molar-refractivity contribution >= 4 is 37.7 Å². The van der Waals surface area contributed by atoms with Gasteiger partial charge < -0.3 is 14.8 Å². The Balaban J connectivity index is 0.000000472. The van der Waals surface area contributed by atoms with Crippen LogP contribution in [0.25, 0.3) is 4.72 Å². The number of sulfonamides is 1. The fourth-order valence-electron chi connectivity index (χ4n) is 2.84. The second-order valence-electron chi connectivity index (χ2n) is 7.65. The van der Waals surface area contributed by atoms with Gasteiger partial charge in [-0.2, -0.15) is 0 Å². The minimum atomic E-state index is -4.27. The van der Waals surface area contributed by atoms with E-state index < -0.39 is 20.1 Å². The molecule has 0 bridgehead atoms. The molecule has 203 valence electrons. The van der Waals surface area contributed by atoms with Gasteiger partial charge in [0.1, 0.15) is 20.1 Å². The number of aromatic nitrogens is 1. The van der Waals surface area contributed by atoms with Crippen molar-refractivity contribution in [3.8, 4) is 0 Å². The Bertz CT molecular complexity index is 1550. The summed E-state index contributed by atoms with van der Waals surface area (Å²) in [4.78, 5) is 8.45. The van der Waals surface area contributed by atoms with Crippen LogP contribution in [0.5, 0.6) is 0 Å². The molecule has 0 aliphatic rings. The number of pyridine rings is 1. The van der Waals surface area contributed by atoms with Crippen molar-refractivity contribution in [2.24, 2.45) is 4.99 Å². The minimum Gasteiger partial charge on any atom is -0.744 e. The maximum atomic E-state index is 12.5. The summed E-state index contributed by atoms with van der Waals surface area (Å²) >= 11 is 0. The summed E-state index contributed by atoms with van der Waals surface area (Å²) in [6, 6.07) is 24.7. The topological polar surface area (TPSA) is 164 Å². The van der Waals surface area contributed by atoms with Gasteiger partial charge in [0.05, 0.1) is 21.7 Å². The molecule has 0 fully saturated rings. The molecule has 1 radical (unpaired) electrons. The number of para-hydroxylation sites is 1. The second kappa shape index (κ2) is 14.5. The number of nitrogens with zero attached hydrogens (tertiary/aromatic N) is 3. The minimum absolute atomic E-state index is 0. The molecular formula is C26H26CuN3O6S2+. The Labute approximate surface area is 233 Å². The van der Waals surface area contributed by atoms with Gasteiger partial charge >= 0.3 is 17.1 Å². The molecule has 12 heteroatoms. The Morgan fingerprint density at radius 1 is 0.763 bits per heavy atom. The van der Waals surface area contributed by atoms with Crippen LogP contribution in [0.15, 0.2) is 112 Å². The van der Waals surface area contributed by atoms with Crippen molar-refractivity contribution in [1.82, 2.24) is 4.98 Å². The summed E-state index contributed by atoms with van der Waals surface area (Å²) in [5.41, 5.74) is 3.34. The largest absolute Gasteiger partial charge is 2.00 e. The van der Waals surface area contributed by atoms with Gasteiger partial charge in [-0.15, -0.1) is 5.69 Å². The Morgan fingerprint density at radius 3 is 1.82 bits per heavy atom. The molecule has 0 aliphatic carbocycles. The van der Waals surface area contributed by atoms with Gasteiger partial charge in [0, 0.05) is 11.9 Å². The fourth-order valence-corrected chi connectivity index (χ4v) is 4.30. The van der Waals surface area contributed by atoms with Crippen LogP contribution in [0.2, 0.25) is 0 Å². The van der Waals surface area contributed by atoms with E-state index in [2.05, 4.69) is 14.7 Å². The molecule has 0 spiro atoms. The van der Waals surface area contributed by atoms with Crippen LogP contribution in [0.3, 0.4) is 0 Å². The molecule has 1 aromatic heterocycles. The number of aliphatic imine (C=N–C) groups is 1. The van der Waals surface area contributed by atoms with Gasteiger partial charge in [-0.1, -0.05) is 59.7 Å². The molecule has 1 heterocycles. The molecule has 0 amide bonds.